The van der Waals surface area contributed by atoms with Gasteiger partial charge in [0.15, 0.2) is 58.4 Å². The number of fused-ring (bicyclic) bond motifs is 3. The van der Waals surface area contributed by atoms with Crippen LogP contribution >= 0.6 is 282 Å². The first kappa shape index (κ1) is 110. The van der Waals surface area contributed by atoms with E-state index in [1.165, 1.54) is 83.4 Å². The van der Waals surface area contributed by atoms with Crippen molar-refractivity contribution in [1.29, 1.82) is 0 Å². The van der Waals surface area contributed by atoms with E-state index < -0.39 is 0 Å². The molecule has 706 valence electrons. The van der Waals surface area contributed by atoms with Crippen LogP contribution in [0.4, 0.5) is 0 Å². The average molecular weight is 3250 g/mol. The summed E-state index contributed by atoms with van der Waals surface area (Å²) in [5, 5.41) is 2.70. The molecule has 0 N–H and O–H groups in total. The van der Waals surface area contributed by atoms with Crippen LogP contribution in [0.25, 0.3) is 25.1 Å². The summed E-state index contributed by atoms with van der Waals surface area (Å²) >= 11 is 27.8. The molecule has 0 fully saturated rings. The van der Waals surface area contributed by atoms with Gasteiger partial charge in [0.05, 0.1) is 114 Å². The van der Waals surface area contributed by atoms with Gasteiger partial charge in [-0.3, -0.25) is 0 Å². The molecule has 0 spiro atoms. The molecule has 0 radical (unpaired) electrons. The maximum absolute atomic E-state index is 6.01. The lowest BCUT2D eigenvalue weighted by atomic mass is 10.2. The zero-order valence-corrected chi connectivity index (χ0v) is 103. The maximum atomic E-state index is 6.01. The Hall–Kier alpha value is -4.17. The monoisotopic (exact) mass is 3250 g/mol. The molecule has 11 nitrogen and oxygen atoms in total. The highest BCUT2D eigenvalue weighted by Crippen LogP contribution is 2.49. The molecular formula is C111H92I12O11S4+4. The van der Waals surface area contributed by atoms with E-state index in [0.29, 0.717) is 92.5 Å². The fourth-order valence-corrected chi connectivity index (χ4v) is 38.2. The smallest absolute Gasteiger partial charge is 0.187 e. The molecule has 0 aliphatic rings. The summed E-state index contributed by atoms with van der Waals surface area (Å²) in [4.78, 5) is 13.0. The van der Waals surface area contributed by atoms with Gasteiger partial charge < -0.3 is 52.1 Å². The quantitative estimate of drug-likeness (QED) is 0.0208. The lowest BCUT2D eigenvalue weighted by Gasteiger charge is -2.12. The van der Waals surface area contributed by atoms with Gasteiger partial charge in [-0.05, 0) is 502 Å². The van der Waals surface area contributed by atoms with E-state index in [4.69, 9.17) is 52.1 Å². The van der Waals surface area contributed by atoms with Crippen molar-refractivity contribution in [3.63, 3.8) is 0 Å². The number of ether oxygens (including phenoxy) is 11. The first-order valence-corrected chi connectivity index (χ1v) is 61.5. The molecule has 0 aliphatic heterocycles. The Labute approximate surface area is 983 Å². The van der Waals surface area contributed by atoms with E-state index in [-0.39, 0.29) is 43.2 Å². The van der Waals surface area contributed by atoms with Crippen molar-refractivity contribution in [2.24, 2.45) is 0 Å². The zero-order chi connectivity index (χ0) is 96.2. The molecule has 0 atom stereocenters. The molecule has 27 heteroatoms. The van der Waals surface area contributed by atoms with Gasteiger partial charge in [0.1, 0.15) is 85.6 Å². The summed E-state index contributed by atoms with van der Waals surface area (Å²) < 4.78 is 81.2. The van der Waals surface area contributed by atoms with E-state index in [9.17, 15) is 0 Å². The molecule has 0 aliphatic carbocycles. The fourth-order valence-electron chi connectivity index (χ4n) is 14.0. The minimum atomic E-state index is -0.155. The standard InChI is InChI=1S/C30H28I3O4S.C28H24I3O3S.C27H22I3O2S.C26H18I3O2S/c31-23-21-28(32)30(29(33)22-23)37-20-18-35-16-15-34-17-19-36-24-11-13-27(14-12-24)38(25-7-3-1-4-8-25)26-9-5-2-6-10-26;29-21-19-26(30)28(27(31)20-21)34-18-16-32-15-17-33-22-11-13-25(14-12-22)35(23-7-3-1-4-8-23)24-9-5-2-6-10-24;28-20-18-25(29)27(26(30)19-20)32-17-7-16-31-21-12-14-24(15-13-21)33(22-8-3-1-4-9-22)23-10-5-2-6-11-23;27-17-15-22(28)26(23(29)16-17)31-14-13-30-18-9-11-19(12-10-18)32-24-7-3-1-5-20(24)21-6-2-4-8-25(21)32/h1-14,21-22H,15-20H2;1-14,19-20H,15-18H2;1-6,8-15,18-19H,7,16-17H2;1-12,15-16H,13-14H2/q4*+1. The number of benzene rings is 16. The van der Waals surface area contributed by atoms with Gasteiger partial charge in [-0.15, -0.1) is 0 Å². The lowest BCUT2D eigenvalue weighted by Crippen LogP contribution is -2.14. The van der Waals surface area contributed by atoms with Gasteiger partial charge >= 0.3 is 0 Å². The van der Waals surface area contributed by atoms with Gasteiger partial charge in [-0.1, -0.05) is 133 Å². The summed E-state index contributed by atoms with van der Waals surface area (Å²) in [7, 11) is -0.514. The molecule has 0 unspecified atom stereocenters. The van der Waals surface area contributed by atoms with Crippen LogP contribution in [0.5, 0.6) is 46.0 Å². The molecule has 17 aromatic rings. The second kappa shape index (κ2) is 59.0. The van der Waals surface area contributed by atoms with Crippen molar-refractivity contribution >= 4 is 334 Å². The first-order valence-electron chi connectivity index (χ1n) is 43.7. The topological polar surface area (TPSA) is 102 Å². The SMILES string of the molecule is Ic1cc(I)c(OCCCOc2ccc([S+](c3ccccc3)c3ccccc3)cc2)c(I)c1.Ic1cc(I)c(OCCOCCOCCOc2ccc([S+](c3ccccc3)c3ccccc3)cc2)c(I)c1.Ic1cc(I)c(OCCOCCOc2ccc([S+](c3ccccc3)c3ccccc3)cc2)c(I)c1.Ic1cc(I)c(OCCOc2ccc(-[s+]3c4ccccc4c4ccccc43)cc2)c(I)c1. The second-order valence-electron chi connectivity index (χ2n) is 29.8. The number of halogens is 12. The summed E-state index contributed by atoms with van der Waals surface area (Å²) in [6.07, 6.45) is 0.832. The molecule has 0 saturated carbocycles. The van der Waals surface area contributed by atoms with Crippen LogP contribution in [-0.2, 0) is 46.9 Å². The summed E-state index contributed by atoms with van der Waals surface area (Å²) in [5.74, 6) is 7.21. The number of hydrogen-bond donors (Lipinski definition) is 0. The van der Waals surface area contributed by atoms with Gasteiger partial charge in [-0.2, -0.15) is 0 Å². The fraction of sp³-hybridized carbons (Fsp3) is 0.135. The zero-order valence-electron chi connectivity index (χ0n) is 74.1. The van der Waals surface area contributed by atoms with Crippen molar-refractivity contribution in [3.05, 3.63) is 419 Å². The highest BCUT2D eigenvalue weighted by atomic mass is 127. The van der Waals surface area contributed by atoms with E-state index in [1.807, 2.05) is 24.3 Å². The minimum Gasteiger partial charge on any atom is -0.493 e. The Morgan fingerprint density at radius 2 is 0.370 bits per heavy atom. The van der Waals surface area contributed by atoms with E-state index >= 15 is 0 Å². The highest BCUT2D eigenvalue weighted by molar-refractivity contribution is 14.1. The Balaban J connectivity index is 0.000000147. The predicted octanol–water partition coefficient (Wildman–Crippen LogP) is 33.6. The molecule has 16 aromatic carbocycles. The molecule has 138 heavy (non-hydrogen) atoms. The lowest BCUT2D eigenvalue weighted by molar-refractivity contribution is 0.0272. The molecule has 17 rings (SSSR count). The van der Waals surface area contributed by atoms with Crippen LogP contribution in [0, 0.1) is 42.8 Å². The van der Waals surface area contributed by atoms with E-state index in [2.05, 4.69) is 623 Å². The summed E-state index contributed by atoms with van der Waals surface area (Å²) in [6.45, 7) is 7.45. The normalized spacial score (nSPS) is 11.0. The molecule has 0 amide bonds. The minimum absolute atomic E-state index is 0.0709. The van der Waals surface area contributed by atoms with Crippen molar-refractivity contribution in [1.82, 2.24) is 0 Å². The molecule has 1 aromatic heterocycles. The van der Waals surface area contributed by atoms with Gasteiger partial charge in [0.25, 0.3) is 0 Å². The Kier molecular flexibility index (Phi) is 46.8. The second-order valence-corrected chi connectivity index (χ2v) is 52.1. The van der Waals surface area contributed by atoms with Crippen molar-refractivity contribution in [2.75, 3.05) is 92.5 Å². The summed E-state index contributed by atoms with van der Waals surface area (Å²) in [5.41, 5.74) is 0. The Morgan fingerprint density at radius 1 is 0.181 bits per heavy atom. The highest BCUT2D eigenvalue weighted by Gasteiger charge is 2.32. The van der Waals surface area contributed by atoms with Crippen molar-refractivity contribution in [2.45, 2.75) is 50.5 Å². The Morgan fingerprint density at radius 3 is 0.638 bits per heavy atom. The molecular weight excluding hydrogens is 3160 g/mol. The van der Waals surface area contributed by atoms with Crippen LogP contribution in [0.3, 0.4) is 0 Å². The molecule has 0 bridgehead atoms. The third kappa shape index (κ3) is 33.4. The molecule has 0 saturated heterocycles. The molecule has 1 heterocycles. The van der Waals surface area contributed by atoms with Gasteiger partial charge in [0, 0.05) is 54.1 Å². The first-order chi connectivity index (χ1) is 67.5. The van der Waals surface area contributed by atoms with Crippen LogP contribution in [0.2, 0.25) is 0 Å². The van der Waals surface area contributed by atoms with Crippen LogP contribution in [-0.4, -0.2) is 92.5 Å². The number of hydrogen-bond acceptors (Lipinski definition) is 11. The summed E-state index contributed by atoms with van der Waals surface area (Å²) in [6, 6.07) is 132. The maximum Gasteiger partial charge on any atom is 0.187 e. The van der Waals surface area contributed by atoms with E-state index in [0.717, 1.165) is 81.0 Å². The largest absolute Gasteiger partial charge is 0.493 e. The number of rotatable bonds is 40. The van der Waals surface area contributed by atoms with E-state index in [1.54, 1.807) is 0 Å². The van der Waals surface area contributed by atoms with Crippen molar-refractivity contribution < 1.29 is 52.1 Å². The van der Waals surface area contributed by atoms with Crippen LogP contribution in [0.15, 0.2) is 420 Å². The Bertz CT molecular complexity index is 6380. The van der Waals surface area contributed by atoms with Gasteiger partial charge in [-0.25, -0.2) is 0 Å². The number of thiophene rings is 1. The van der Waals surface area contributed by atoms with Crippen LogP contribution < -0.4 is 37.9 Å². The average Bonchev–Trinajstić information content (AvgIpc) is 1.60. The van der Waals surface area contributed by atoms with Crippen LogP contribution in [0.1, 0.15) is 6.42 Å². The third-order valence-corrected chi connectivity index (χ3v) is 38.1. The predicted molar refractivity (Wildman–Crippen MR) is 669 cm³/mol. The van der Waals surface area contributed by atoms with Crippen molar-refractivity contribution in [3.8, 4) is 50.9 Å². The third-order valence-electron chi connectivity index (χ3n) is 20.2. The van der Waals surface area contributed by atoms with Gasteiger partial charge in [0.2, 0.25) is 0 Å².